The van der Waals surface area contributed by atoms with Crippen molar-refractivity contribution in [2.45, 2.75) is 20.8 Å². The molecule has 0 heterocycles. The highest BCUT2D eigenvalue weighted by Crippen LogP contribution is 1.98. The Morgan fingerprint density at radius 3 is 2.13 bits per heavy atom. The van der Waals surface area contributed by atoms with Gasteiger partial charge in [-0.2, -0.15) is 12.7 Å². The van der Waals surface area contributed by atoms with Crippen LogP contribution in [0.1, 0.15) is 20.8 Å². The Balaban J connectivity index is 4.14. The van der Waals surface area contributed by atoms with Crippen molar-refractivity contribution in [3.63, 3.8) is 0 Å². The van der Waals surface area contributed by atoms with Crippen LogP contribution in [0.4, 0.5) is 0 Å². The van der Waals surface area contributed by atoms with Gasteiger partial charge in [0.25, 0.3) is 10.2 Å². The van der Waals surface area contributed by atoms with Crippen molar-refractivity contribution in [1.82, 2.24) is 14.3 Å². The molecule has 0 rings (SSSR count). The van der Waals surface area contributed by atoms with Gasteiger partial charge in [-0.3, -0.25) is 0 Å². The van der Waals surface area contributed by atoms with E-state index in [1.807, 2.05) is 27.8 Å². The quantitative estimate of drug-likeness (QED) is 0.625. The summed E-state index contributed by atoms with van der Waals surface area (Å²) in [6.07, 6.45) is 0. The van der Waals surface area contributed by atoms with E-state index in [2.05, 4.69) is 10.0 Å². The van der Waals surface area contributed by atoms with Gasteiger partial charge in [-0.1, -0.05) is 20.8 Å². The van der Waals surface area contributed by atoms with E-state index in [1.54, 1.807) is 0 Å². The van der Waals surface area contributed by atoms with Crippen LogP contribution in [0.15, 0.2) is 0 Å². The summed E-state index contributed by atoms with van der Waals surface area (Å²) in [5, 5.41) is 3.01. The van der Waals surface area contributed by atoms with E-state index in [9.17, 15) is 8.42 Å². The molecule has 92 valence electrons. The van der Waals surface area contributed by atoms with Crippen LogP contribution in [0.3, 0.4) is 0 Å². The second-order valence-corrected chi connectivity index (χ2v) is 5.36. The highest BCUT2D eigenvalue weighted by Gasteiger charge is 2.18. The summed E-state index contributed by atoms with van der Waals surface area (Å²) in [7, 11) is -1.42. The van der Waals surface area contributed by atoms with Crippen LogP contribution in [-0.2, 0) is 10.2 Å². The molecule has 6 heteroatoms. The van der Waals surface area contributed by atoms with Crippen LogP contribution in [0.25, 0.3) is 0 Å². The predicted molar refractivity (Wildman–Crippen MR) is 62.9 cm³/mol. The smallest absolute Gasteiger partial charge is 0.279 e. The van der Waals surface area contributed by atoms with Crippen LogP contribution in [0, 0.1) is 5.92 Å². The summed E-state index contributed by atoms with van der Waals surface area (Å²) in [6.45, 7) is 7.96. The van der Waals surface area contributed by atoms with E-state index >= 15 is 0 Å². The molecule has 0 radical (unpaired) electrons. The largest absolute Gasteiger partial charge is 0.319 e. The van der Waals surface area contributed by atoms with Gasteiger partial charge in [0.15, 0.2) is 0 Å². The molecule has 0 spiro atoms. The van der Waals surface area contributed by atoms with Crippen molar-refractivity contribution < 1.29 is 8.42 Å². The van der Waals surface area contributed by atoms with Gasteiger partial charge in [-0.05, 0) is 19.5 Å². The van der Waals surface area contributed by atoms with Gasteiger partial charge in [0, 0.05) is 19.6 Å². The Morgan fingerprint density at radius 2 is 1.73 bits per heavy atom. The number of nitrogens with one attached hydrogen (secondary N) is 2. The summed E-state index contributed by atoms with van der Waals surface area (Å²) in [4.78, 5) is 0. The maximum Gasteiger partial charge on any atom is 0.279 e. The second-order valence-electron chi connectivity index (χ2n) is 3.60. The van der Waals surface area contributed by atoms with E-state index in [0.29, 0.717) is 25.6 Å². The number of hydrogen-bond donors (Lipinski definition) is 2. The zero-order chi connectivity index (χ0) is 11.9. The lowest BCUT2D eigenvalue weighted by Gasteiger charge is -2.20. The summed E-state index contributed by atoms with van der Waals surface area (Å²) >= 11 is 0. The first-order chi connectivity index (χ1) is 6.97. The molecule has 0 aliphatic rings. The molecule has 1 atom stereocenters. The molecular weight excluding hydrogens is 214 g/mol. The average Bonchev–Trinajstić information content (AvgIpc) is 2.17. The van der Waals surface area contributed by atoms with Gasteiger partial charge in [0.2, 0.25) is 0 Å². The first kappa shape index (κ1) is 14.8. The fraction of sp³-hybridized carbons (Fsp3) is 1.00. The molecule has 0 saturated carbocycles. The molecule has 15 heavy (non-hydrogen) atoms. The van der Waals surface area contributed by atoms with E-state index in [0.717, 1.165) is 6.54 Å². The van der Waals surface area contributed by atoms with E-state index in [4.69, 9.17) is 0 Å². The predicted octanol–water partition coefficient (Wildman–Crippen LogP) is 0.0181. The molecule has 0 aromatic carbocycles. The lowest BCUT2D eigenvalue weighted by Crippen LogP contribution is -2.42. The minimum absolute atomic E-state index is 0.292. The monoisotopic (exact) mass is 237 g/mol. The van der Waals surface area contributed by atoms with Crippen molar-refractivity contribution in [1.29, 1.82) is 0 Å². The van der Waals surface area contributed by atoms with Crippen molar-refractivity contribution >= 4 is 10.2 Å². The molecule has 5 nitrogen and oxygen atoms in total. The molecule has 0 aromatic rings. The van der Waals surface area contributed by atoms with Crippen molar-refractivity contribution in [2.24, 2.45) is 5.92 Å². The maximum absolute atomic E-state index is 11.7. The Labute approximate surface area is 93.4 Å². The van der Waals surface area contributed by atoms with Crippen LogP contribution in [0.5, 0.6) is 0 Å². The third-order valence-corrected chi connectivity index (χ3v) is 3.94. The molecule has 1 unspecified atom stereocenters. The number of hydrogen-bond acceptors (Lipinski definition) is 3. The third kappa shape index (κ3) is 5.46. The molecule has 2 N–H and O–H groups in total. The molecule has 0 aromatic heterocycles. The van der Waals surface area contributed by atoms with E-state index in [1.165, 1.54) is 4.31 Å². The average molecular weight is 237 g/mol. The molecule has 0 saturated heterocycles. The number of nitrogens with zero attached hydrogens (tertiary/aromatic N) is 1. The maximum atomic E-state index is 11.7. The Bertz CT molecular complexity index is 250. The normalized spacial score (nSPS) is 14.5. The minimum atomic E-state index is -3.28. The fourth-order valence-corrected chi connectivity index (χ4v) is 2.68. The second kappa shape index (κ2) is 7.16. The standard InChI is InChI=1S/C9H23N3O2S/c1-5-12(6-2)15(13,14)11-8-9(3)7-10-4/h9-11H,5-8H2,1-4H3. The SMILES string of the molecule is CCN(CC)S(=O)(=O)NCC(C)CNC. The Kier molecular flexibility index (Phi) is 7.08. The van der Waals surface area contributed by atoms with Crippen molar-refractivity contribution in [3.05, 3.63) is 0 Å². The summed E-state index contributed by atoms with van der Waals surface area (Å²) in [5.41, 5.74) is 0. The van der Waals surface area contributed by atoms with Gasteiger partial charge in [0.05, 0.1) is 0 Å². The lowest BCUT2D eigenvalue weighted by atomic mass is 10.2. The van der Waals surface area contributed by atoms with E-state index in [-0.39, 0.29) is 0 Å². The molecule has 0 aliphatic heterocycles. The molecule has 0 amide bonds. The topological polar surface area (TPSA) is 61.4 Å². The molecule has 0 fully saturated rings. The van der Waals surface area contributed by atoms with Crippen LogP contribution in [0.2, 0.25) is 0 Å². The lowest BCUT2D eigenvalue weighted by molar-refractivity contribution is 0.426. The first-order valence-corrected chi connectivity index (χ1v) is 6.81. The van der Waals surface area contributed by atoms with Gasteiger partial charge in [0.1, 0.15) is 0 Å². The van der Waals surface area contributed by atoms with Crippen molar-refractivity contribution in [3.8, 4) is 0 Å². The Hall–Kier alpha value is -0.170. The van der Waals surface area contributed by atoms with Gasteiger partial charge < -0.3 is 5.32 Å². The summed E-state index contributed by atoms with van der Waals surface area (Å²) < 4.78 is 27.4. The van der Waals surface area contributed by atoms with Gasteiger partial charge in [-0.15, -0.1) is 0 Å². The zero-order valence-corrected chi connectivity index (χ0v) is 10.9. The summed E-state index contributed by atoms with van der Waals surface area (Å²) in [6, 6.07) is 0. The van der Waals surface area contributed by atoms with Crippen molar-refractivity contribution in [2.75, 3.05) is 33.2 Å². The summed E-state index contributed by atoms with van der Waals surface area (Å²) in [5.74, 6) is 0.292. The zero-order valence-electron chi connectivity index (χ0n) is 10.1. The van der Waals surface area contributed by atoms with Gasteiger partial charge >= 0.3 is 0 Å². The van der Waals surface area contributed by atoms with Crippen LogP contribution < -0.4 is 10.0 Å². The first-order valence-electron chi connectivity index (χ1n) is 5.37. The minimum Gasteiger partial charge on any atom is -0.319 e. The van der Waals surface area contributed by atoms with E-state index < -0.39 is 10.2 Å². The number of rotatable bonds is 8. The van der Waals surface area contributed by atoms with Crippen LogP contribution in [-0.4, -0.2) is 45.9 Å². The Morgan fingerprint density at radius 1 is 1.20 bits per heavy atom. The molecular formula is C9H23N3O2S. The highest BCUT2D eigenvalue weighted by molar-refractivity contribution is 7.87. The fourth-order valence-electron chi connectivity index (χ4n) is 1.32. The van der Waals surface area contributed by atoms with Crippen LogP contribution >= 0.6 is 0 Å². The highest BCUT2D eigenvalue weighted by atomic mass is 32.2. The molecule has 0 aliphatic carbocycles. The third-order valence-electron chi connectivity index (χ3n) is 2.21. The van der Waals surface area contributed by atoms with Gasteiger partial charge in [-0.25, -0.2) is 4.72 Å². The molecule has 0 bridgehead atoms.